The molecular formula is C14H18N2O3. The van der Waals surface area contributed by atoms with Crippen LogP contribution >= 0.6 is 0 Å². The Labute approximate surface area is 112 Å². The number of benzene rings is 1. The van der Waals surface area contributed by atoms with Gasteiger partial charge in [-0.15, -0.1) is 0 Å². The third-order valence-corrected chi connectivity index (χ3v) is 3.57. The molecule has 1 aliphatic rings. The van der Waals surface area contributed by atoms with Gasteiger partial charge in [0.1, 0.15) is 0 Å². The largest absolute Gasteiger partial charge is 0.355 e. The Kier molecular flexibility index (Phi) is 3.85. The summed E-state index contributed by atoms with van der Waals surface area (Å²) in [7, 11) is 0. The monoisotopic (exact) mass is 262 g/mol. The fourth-order valence-electron chi connectivity index (χ4n) is 1.84. The van der Waals surface area contributed by atoms with Crippen molar-refractivity contribution >= 4 is 11.8 Å². The molecule has 0 unspecified atom stereocenters. The van der Waals surface area contributed by atoms with Gasteiger partial charge in [0.15, 0.2) is 0 Å². The zero-order valence-corrected chi connectivity index (χ0v) is 10.9. The molecule has 3 N–H and O–H groups in total. The molecule has 102 valence electrons. The highest BCUT2D eigenvalue weighted by molar-refractivity contribution is 5.93. The lowest BCUT2D eigenvalue weighted by molar-refractivity contribution is -0.125. The standard InChI is InChI=1S/C14H18N2O3/c1-14(7-8-14)13(18)15-9-6-10-2-4-11(5-3-10)12(17)16-19/h2-5,19H,6-9H2,1H3,(H,15,18)(H,16,17). The van der Waals surface area contributed by atoms with Crippen molar-refractivity contribution in [3.63, 3.8) is 0 Å². The molecule has 1 fully saturated rings. The highest BCUT2D eigenvalue weighted by Gasteiger charge is 2.44. The number of hydrogen-bond acceptors (Lipinski definition) is 3. The molecule has 0 spiro atoms. The van der Waals surface area contributed by atoms with Gasteiger partial charge in [-0.2, -0.15) is 0 Å². The highest BCUT2D eigenvalue weighted by Crippen LogP contribution is 2.44. The number of amides is 2. The lowest BCUT2D eigenvalue weighted by Crippen LogP contribution is -2.31. The number of hydroxylamine groups is 1. The summed E-state index contributed by atoms with van der Waals surface area (Å²) >= 11 is 0. The maximum absolute atomic E-state index is 11.7. The zero-order chi connectivity index (χ0) is 13.9. The predicted octanol–water partition coefficient (Wildman–Crippen LogP) is 1.26. The summed E-state index contributed by atoms with van der Waals surface area (Å²) in [5.74, 6) is -0.398. The summed E-state index contributed by atoms with van der Waals surface area (Å²) in [6.45, 7) is 2.57. The first-order valence-electron chi connectivity index (χ1n) is 6.37. The van der Waals surface area contributed by atoms with Gasteiger partial charge in [0, 0.05) is 17.5 Å². The van der Waals surface area contributed by atoms with Crippen LogP contribution in [0.2, 0.25) is 0 Å². The van der Waals surface area contributed by atoms with E-state index in [1.165, 1.54) is 0 Å². The van der Waals surface area contributed by atoms with Crippen molar-refractivity contribution in [2.45, 2.75) is 26.2 Å². The van der Waals surface area contributed by atoms with E-state index in [-0.39, 0.29) is 11.3 Å². The molecule has 0 radical (unpaired) electrons. The number of nitrogens with one attached hydrogen (secondary N) is 2. The van der Waals surface area contributed by atoms with Crippen LogP contribution in [-0.2, 0) is 11.2 Å². The SMILES string of the molecule is CC1(C(=O)NCCc2ccc(C(=O)NO)cc2)CC1. The van der Waals surface area contributed by atoms with E-state index in [4.69, 9.17) is 5.21 Å². The summed E-state index contributed by atoms with van der Waals surface area (Å²) in [6, 6.07) is 6.92. The van der Waals surface area contributed by atoms with Crippen molar-refractivity contribution in [1.29, 1.82) is 0 Å². The van der Waals surface area contributed by atoms with E-state index in [9.17, 15) is 9.59 Å². The smallest absolute Gasteiger partial charge is 0.274 e. The molecule has 5 heteroatoms. The molecule has 0 aromatic heterocycles. The van der Waals surface area contributed by atoms with Crippen molar-refractivity contribution in [3.05, 3.63) is 35.4 Å². The molecule has 0 atom stereocenters. The Morgan fingerprint density at radius 2 is 1.89 bits per heavy atom. The van der Waals surface area contributed by atoms with Gasteiger partial charge >= 0.3 is 0 Å². The Balaban J connectivity index is 1.80. The molecule has 0 aliphatic heterocycles. The Morgan fingerprint density at radius 1 is 1.26 bits per heavy atom. The third-order valence-electron chi connectivity index (χ3n) is 3.57. The van der Waals surface area contributed by atoms with Crippen LogP contribution in [0.15, 0.2) is 24.3 Å². The first-order valence-corrected chi connectivity index (χ1v) is 6.37. The second-order valence-corrected chi connectivity index (χ2v) is 5.20. The predicted molar refractivity (Wildman–Crippen MR) is 69.7 cm³/mol. The average Bonchev–Trinajstić information content (AvgIpc) is 3.18. The van der Waals surface area contributed by atoms with Gasteiger partial charge in [0.05, 0.1) is 0 Å². The summed E-state index contributed by atoms with van der Waals surface area (Å²) in [5, 5.41) is 11.4. The molecule has 1 aromatic carbocycles. The van der Waals surface area contributed by atoms with E-state index in [1.807, 2.05) is 19.1 Å². The molecule has 1 saturated carbocycles. The number of rotatable bonds is 5. The molecule has 1 aromatic rings. The second-order valence-electron chi connectivity index (χ2n) is 5.20. The lowest BCUT2D eigenvalue weighted by atomic mass is 10.1. The molecule has 0 heterocycles. The Bertz CT molecular complexity index is 478. The summed E-state index contributed by atoms with van der Waals surface area (Å²) in [5.41, 5.74) is 2.89. The van der Waals surface area contributed by atoms with Crippen molar-refractivity contribution in [2.75, 3.05) is 6.54 Å². The molecule has 5 nitrogen and oxygen atoms in total. The zero-order valence-electron chi connectivity index (χ0n) is 10.9. The van der Waals surface area contributed by atoms with Crippen LogP contribution in [0.25, 0.3) is 0 Å². The van der Waals surface area contributed by atoms with Crippen LogP contribution in [-0.4, -0.2) is 23.6 Å². The van der Waals surface area contributed by atoms with Gasteiger partial charge in [-0.1, -0.05) is 19.1 Å². The van der Waals surface area contributed by atoms with Gasteiger partial charge in [-0.05, 0) is 37.0 Å². The minimum absolute atomic E-state index is 0.128. The van der Waals surface area contributed by atoms with Crippen LogP contribution in [0, 0.1) is 5.41 Å². The molecule has 0 saturated heterocycles. The van der Waals surface area contributed by atoms with Gasteiger partial charge in [0.25, 0.3) is 5.91 Å². The molecule has 0 bridgehead atoms. The Morgan fingerprint density at radius 3 is 2.42 bits per heavy atom. The van der Waals surface area contributed by atoms with Crippen molar-refractivity contribution in [1.82, 2.24) is 10.8 Å². The van der Waals surface area contributed by atoms with E-state index in [0.29, 0.717) is 12.1 Å². The van der Waals surface area contributed by atoms with Gasteiger partial charge < -0.3 is 5.32 Å². The quantitative estimate of drug-likeness (QED) is 0.552. The third kappa shape index (κ3) is 3.32. The summed E-state index contributed by atoms with van der Waals surface area (Å²) < 4.78 is 0. The lowest BCUT2D eigenvalue weighted by Gasteiger charge is -2.09. The molecule has 2 amide bonds. The summed E-state index contributed by atoms with van der Waals surface area (Å²) in [6.07, 6.45) is 2.68. The van der Waals surface area contributed by atoms with E-state index in [2.05, 4.69) is 5.32 Å². The maximum Gasteiger partial charge on any atom is 0.274 e. The van der Waals surface area contributed by atoms with Gasteiger partial charge in [0.2, 0.25) is 5.91 Å². The fourth-order valence-corrected chi connectivity index (χ4v) is 1.84. The van der Waals surface area contributed by atoms with Crippen molar-refractivity contribution < 1.29 is 14.8 Å². The van der Waals surface area contributed by atoms with E-state index in [1.54, 1.807) is 17.6 Å². The first kappa shape index (κ1) is 13.5. The van der Waals surface area contributed by atoms with Crippen molar-refractivity contribution in [2.24, 2.45) is 5.41 Å². The fraction of sp³-hybridized carbons (Fsp3) is 0.429. The van der Waals surface area contributed by atoms with E-state index in [0.717, 1.165) is 24.8 Å². The normalized spacial score (nSPS) is 15.7. The summed E-state index contributed by atoms with van der Waals surface area (Å²) in [4.78, 5) is 22.8. The average molecular weight is 262 g/mol. The number of carbonyl (C=O) groups excluding carboxylic acids is 2. The second kappa shape index (κ2) is 5.40. The van der Waals surface area contributed by atoms with Crippen LogP contribution in [0.1, 0.15) is 35.7 Å². The molecule has 1 aliphatic carbocycles. The van der Waals surface area contributed by atoms with Crippen molar-refractivity contribution in [3.8, 4) is 0 Å². The maximum atomic E-state index is 11.7. The van der Waals surface area contributed by atoms with Gasteiger partial charge in [-0.3, -0.25) is 14.8 Å². The minimum atomic E-state index is -0.526. The van der Waals surface area contributed by atoms with Crippen LogP contribution < -0.4 is 10.8 Å². The first-order chi connectivity index (χ1) is 9.05. The van der Waals surface area contributed by atoms with Crippen LogP contribution in [0.3, 0.4) is 0 Å². The molecular weight excluding hydrogens is 244 g/mol. The minimum Gasteiger partial charge on any atom is -0.355 e. The molecule has 2 rings (SSSR count). The van der Waals surface area contributed by atoms with Gasteiger partial charge in [-0.25, -0.2) is 5.48 Å². The van der Waals surface area contributed by atoms with E-state index >= 15 is 0 Å². The number of carbonyl (C=O) groups is 2. The molecule has 19 heavy (non-hydrogen) atoms. The topological polar surface area (TPSA) is 78.4 Å². The van der Waals surface area contributed by atoms with Crippen LogP contribution in [0.5, 0.6) is 0 Å². The highest BCUT2D eigenvalue weighted by atomic mass is 16.5. The van der Waals surface area contributed by atoms with Crippen LogP contribution in [0.4, 0.5) is 0 Å². The van der Waals surface area contributed by atoms with E-state index < -0.39 is 5.91 Å². The Hall–Kier alpha value is -1.88. The number of hydrogen-bond donors (Lipinski definition) is 3.